The molecule has 126 valence electrons. The van der Waals surface area contributed by atoms with Crippen molar-refractivity contribution in [3.8, 4) is 5.75 Å². The van der Waals surface area contributed by atoms with E-state index in [-0.39, 0.29) is 30.6 Å². The lowest BCUT2D eigenvalue weighted by Gasteiger charge is -2.18. The minimum Gasteiger partial charge on any atom is -0.496 e. The van der Waals surface area contributed by atoms with Crippen LogP contribution in [0.4, 0.5) is 0 Å². The van der Waals surface area contributed by atoms with Crippen LogP contribution in [-0.2, 0) is 4.79 Å². The van der Waals surface area contributed by atoms with E-state index in [0.29, 0.717) is 5.56 Å². The predicted octanol–water partition coefficient (Wildman–Crippen LogP) is 3.84. The highest BCUT2D eigenvalue weighted by Gasteiger charge is 2.15. The predicted molar refractivity (Wildman–Crippen MR) is 94.3 cm³/mol. The summed E-state index contributed by atoms with van der Waals surface area (Å²) in [4.78, 5) is 24.2. The largest absolute Gasteiger partial charge is 0.496 e. The molecule has 1 N–H and O–H groups in total. The third kappa shape index (κ3) is 4.69. The molecule has 2 aromatic carbocycles. The van der Waals surface area contributed by atoms with Crippen LogP contribution in [0.3, 0.4) is 0 Å². The summed E-state index contributed by atoms with van der Waals surface area (Å²) in [7, 11) is 1.61. The summed E-state index contributed by atoms with van der Waals surface area (Å²) in [5, 5.41) is 2.93. The first-order valence-electron chi connectivity index (χ1n) is 8.03. The molecule has 0 heterocycles. The van der Waals surface area contributed by atoms with E-state index in [2.05, 4.69) is 5.32 Å². The van der Waals surface area contributed by atoms with E-state index in [0.717, 1.165) is 16.9 Å². The molecule has 4 heteroatoms. The number of benzene rings is 2. The van der Waals surface area contributed by atoms with E-state index in [4.69, 9.17) is 4.74 Å². The zero-order chi connectivity index (χ0) is 17.5. The Hall–Kier alpha value is -2.62. The lowest BCUT2D eigenvalue weighted by molar-refractivity contribution is -0.121. The summed E-state index contributed by atoms with van der Waals surface area (Å²) >= 11 is 0. The normalized spacial score (nSPS) is 11.6. The lowest BCUT2D eigenvalue weighted by atomic mass is 10.0. The second-order valence-electron chi connectivity index (χ2n) is 5.82. The molecule has 0 fully saturated rings. The van der Waals surface area contributed by atoms with E-state index in [1.165, 1.54) is 0 Å². The number of rotatable bonds is 7. The molecule has 4 nitrogen and oxygen atoms in total. The molecule has 0 saturated carbocycles. The van der Waals surface area contributed by atoms with Crippen LogP contribution in [0.5, 0.6) is 5.75 Å². The number of carbonyl (C=O) groups is 2. The molecule has 0 aliphatic rings. The molecule has 0 aliphatic heterocycles. The van der Waals surface area contributed by atoms with Gasteiger partial charge < -0.3 is 10.1 Å². The van der Waals surface area contributed by atoms with Crippen molar-refractivity contribution in [3.63, 3.8) is 0 Å². The number of aryl methyl sites for hydroxylation is 1. The molecule has 24 heavy (non-hydrogen) atoms. The minimum absolute atomic E-state index is 0.0217. The monoisotopic (exact) mass is 325 g/mol. The van der Waals surface area contributed by atoms with E-state index in [1.807, 2.05) is 50.2 Å². The van der Waals surface area contributed by atoms with Gasteiger partial charge in [0.2, 0.25) is 5.91 Å². The Kier molecular flexibility index (Phi) is 6.13. The number of ketones is 1. The van der Waals surface area contributed by atoms with Crippen LogP contribution in [0.2, 0.25) is 0 Å². The van der Waals surface area contributed by atoms with Crippen molar-refractivity contribution in [2.24, 2.45) is 0 Å². The molecule has 0 aliphatic carbocycles. The summed E-state index contributed by atoms with van der Waals surface area (Å²) < 4.78 is 5.35. The lowest BCUT2D eigenvalue weighted by Crippen LogP contribution is -2.27. The molecule has 2 rings (SSSR count). The van der Waals surface area contributed by atoms with Crippen molar-refractivity contribution in [2.45, 2.75) is 32.7 Å². The van der Waals surface area contributed by atoms with Crippen LogP contribution >= 0.6 is 0 Å². The molecule has 0 bridgehead atoms. The van der Waals surface area contributed by atoms with Crippen LogP contribution in [0, 0.1) is 6.92 Å². The van der Waals surface area contributed by atoms with Gasteiger partial charge >= 0.3 is 0 Å². The van der Waals surface area contributed by atoms with E-state index < -0.39 is 0 Å². The number of hydrogen-bond acceptors (Lipinski definition) is 3. The Morgan fingerprint density at radius 1 is 1.08 bits per heavy atom. The molecule has 0 aromatic heterocycles. The van der Waals surface area contributed by atoms with Crippen molar-refractivity contribution >= 4 is 11.7 Å². The Bertz CT molecular complexity index is 710. The Morgan fingerprint density at radius 3 is 2.46 bits per heavy atom. The summed E-state index contributed by atoms with van der Waals surface area (Å²) in [6.07, 6.45) is 0.375. The standard InChI is InChI=1S/C20H23NO3/c1-14-9-11-19(24-3)17(13-14)15(2)21-20(23)12-10-18(22)16-7-5-4-6-8-16/h4-9,11,13,15H,10,12H2,1-3H3,(H,21,23). The number of carbonyl (C=O) groups excluding carboxylic acids is 2. The number of Topliss-reactive ketones (excluding diaryl/α,β-unsaturated/α-hetero) is 1. The highest BCUT2D eigenvalue weighted by molar-refractivity contribution is 5.97. The van der Waals surface area contributed by atoms with Crippen LogP contribution < -0.4 is 10.1 Å². The molecular weight excluding hydrogens is 302 g/mol. The zero-order valence-corrected chi connectivity index (χ0v) is 14.3. The average Bonchev–Trinajstić information content (AvgIpc) is 2.60. The third-order valence-corrected chi connectivity index (χ3v) is 3.90. The first kappa shape index (κ1) is 17.7. The van der Waals surface area contributed by atoms with Gasteiger partial charge in [0.15, 0.2) is 5.78 Å². The maximum absolute atomic E-state index is 12.1. The van der Waals surface area contributed by atoms with Crippen LogP contribution in [-0.4, -0.2) is 18.8 Å². The van der Waals surface area contributed by atoms with E-state index >= 15 is 0 Å². The highest BCUT2D eigenvalue weighted by atomic mass is 16.5. The van der Waals surface area contributed by atoms with Gasteiger partial charge in [-0.15, -0.1) is 0 Å². The summed E-state index contributed by atoms with van der Waals surface area (Å²) in [5.74, 6) is 0.579. The van der Waals surface area contributed by atoms with Crippen molar-refractivity contribution in [3.05, 3.63) is 65.2 Å². The second-order valence-corrected chi connectivity index (χ2v) is 5.82. The molecular formula is C20H23NO3. The molecule has 1 atom stereocenters. The van der Waals surface area contributed by atoms with Crippen molar-refractivity contribution in [1.29, 1.82) is 0 Å². The molecule has 2 aromatic rings. The van der Waals surface area contributed by atoms with Gasteiger partial charge in [0.25, 0.3) is 0 Å². The van der Waals surface area contributed by atoms with Crippen LogP contribution in [0.25, 0.3) is 0 Å². The van der Waals surface area contributed by atoms with E-state index in [1.54, 1.807) is 19.2 Å². The van der Waals surface area contributed by atoms with Gasteiger partial charge in [0, 0.05) is 24.0 Å². The number of hydrogen-bond donors (Lipinski definition) is 1. The van der Waals surface area contributed by atoms with Crippen molar-refractivity contribution in [1.82, 2.24) is 5.32 Å². The SMILES string of the molecule is COc1ccc(C)cc1C(C)NC(=O)CCC(=O)c1ccccc1. The number of amides is 1. The van der Waals surface area contributed by atoms with Crippen LogP contribution in [0.15, 0.2) is 48.5 Å². The van der Waals surface area contributed by atoms with Gasteiger partial charge in [-0.1, -0.05) is 48.0 Å². The number of nitrogens with one attached hydrogen (secondary N) is 1. The molecule has 1 unspecified atom stereocenters. The first-order chi connectivity index (χ1) is 11.5. The fraction of sp³-hybridized carbons (Fsp3) is 0.300. The van der Waals surface area contributed by atoms with Gasteiger partial charge in [-0.3, -0.25) is 9.59 Å². The topological polar surface area (TPSA) is 55.4 Å². The summed E-state index contributed by atoms with van der Waals surface area (Å²) in [6, 6.07) is 14.7. The third-order valence-electron chi connectivity index (χ3n) is 3.90. The molecule has 0 saturated heterocycles. The van der Waals surface area contributed by atoms with Crippen LogP contribution in [0.1, 0.15) is 47.3 Å². The van der Waals surface area contributed by atoms with Gasteiger partial charge in [-0.25, -0.2) is 0 Å². The second kappa shape index (κ2) is 8.29. The van der Waals surface area contributed by atoms with Crippen molar-refractivity contribution < 1.29 is 14.3 Å². The van der Waals surface area contributed by atoms with E-state index in [9.17, 15) is 9.59 Å². The molecule has 1 amide bonds. The molecule has 0 radical (unpaired) electrons. The number of methoxy groups -OCH3 is 1. The maximum atomic E-state index is 12.1. The average molecular weight is 325 g/mol. The fourth-order valence-corrected chi connectivity index (χ4v) is 2.58. The van der Waals surface area contributed by atoms with Gasteiger partial charge in [-0.2, -0.15) is 0 Å². The molecule has 0 spiro atoms. The Labute approximate surface area is 142 Å². The Balaban J connectivity index is 1.92. The first-order valence-corrected chi connectivity index (χ1v) is 8.03. The Morgan fingerprint density at radius 2 is 1.79 bits per heavy atom. The van der Waals surface area contributed by atoms with Gasteiger partial charge in [-0.05, 0) is 19.9 Å². The highest BCUT2D eigenvalue weighted by Crippen LogP contribution is 2.26. The summed E-state index contributed by atoms with van der Waals surface area (Å²) in [6.45, 7) is 3.91. The van der Waals surface area contributed by atoms with Crippen molar-refractivity contribution in [2.75, 3.05) is 7.11 Å². The smallest absolute Gasteiger partial charge is 0.220 e. The zero-order valence-electron chi connectivity index (χ0n) is 14.3. The van der Waals surface area contributed by atoms with Gasteiger partial charge in [0.1, 0.15) is 5.75 Å². The number of ether oxygens (including phenoxy) is 1. The quantitative estimate of drug-likeness (QED) is 0.787. The maximum Gasteiger partial charge on any atom is 0.220 e. The minimum atomic E-state index is -0.181. The van der Waals surface area contributed by atoms with Gasteiger partial charge in [0.05, 0.1) is 13.2 Å². The summed E-state index contributed by atoms with van der Waals surface area (Å²) in [5.41, 5.74) is 2.67. The fourth-order valence-electron chi connectivity index (χ4n) is 2.58.